The summed E-state index contributed by atoms with van der Waals surface area (Å²) in [7, 11) is 0. The maximum atomic E-state index is 12.3. The van der Waals surface area contributed by atoms with Crippen LogP contribution >= 0.6 is 0 Å². The number of nitrogens with one attached hydrogen (secondary N) is 2. The van der Waals surface area contributed by atoms with Crippen LogP contribution in [0.4, 0.5) is 5.69 Å². The van der Waals surface area contributed by atoms with Crippen LogP contribution < -0.4 is 10.6 Å². The molecular weight excluding hydrogens is 266 g/mol. The second kappa shape index (κ2) is 6.43. The van der Waals surface area contributed by atoms with Crippen molar-refractivity contribution in [2.75, 3.05) is 18.5 Å². The lowest BCUT2D eigenvalue weighted by Gasteiger charge is -2.19. The first-order valence-corrected chi connectivity index (χ1v) is 7.90. The fourth-order valence-electron chi connectivity index (χ4n) is 2.80. The van der Waals surface area contributed by atoms with E-state index in [2.05, 4.69) is 22.5 Å². The minimum atomic E-state index is -0.0989. The predicted molar refractivity (Wildman–Crippen MR) is 81.4 cm³/mol. The van der Waals surface area contributed by atoms with Crippen LogP contribution in [0.3, 0.4) is 0 Å². The summed E-state index contributed by atoms with van der Waals surface area (Å²) in [5.74, 6) is 0.546. The molecule has 1 aliphatic heterocycles. The Hall–Kier alpha value is -1.62. The summed E-state index contributed by atoms with van der Waals surface area (Å²) in [5.41, 5.74) is 1.42. The van der Waals surface area contributed by atoms with E-state index >= 15 is 0 Å². The zero-order valence-electron chi connectivity index (χ0n) is 12.5. The number of anilines is 1. The van der Waals surface area contributed by atoms with Crippen molar-refractivity contribution in [1.29, 1.82) is 0 Å². The van der Waals surface area contributed by atoms with E-state index in [1.807, 2.05) is 6.07 Å². The highest BCUT2D eigenvalue weighted by Crippen LogP contribution is 2.38. The predicted octanol–water partition coefficient (Wildman–Crippen LogP) is 2.20. The monoisotopic (exact) mass is 289 g/mol. The van der Waals surface area contributed by atoms with Gasteiger partial charge in [0.2, 0.25) is 0 Å². The molecule has 21 heavy (non-hydrogen) atoms. The van der Waals surface area contributed by atoms with Crippen LogP contribution in [-0.2, 0) is 4.74 Å². The lowest BCUT2D eigenvalue weighted by Crippen LogP contribution is -2.41. The Morgan fingerprint density at radius 3 is 2.90 bits per heavy atom. The Morgan fingerprint density at radius 1 is 1.38 bits per heavy atom. The van der Waals surface area contributed by atoms with E-state index in [0.717, 1.165) is 31.7 Å². The van der Waals surface area contributed by atoms with E-state index in [0.29, 0.717) is 11.6 Å². The van der Waals surface area contributed by atoms with Gasteiger partial charge in [0.1, 0.15) is 5.69 Å². The molecule has 2 fully saturated rings. The average molecular weight is 289 g/mol. The van der Waals surface area contributed by atoms with Gasteiger partial charge >= 0.3 is 0 Å². The van der Waals surface area contributed by atoms with Crippen LogP contribution in [-0.4, -0.2) is 36.2 Å². The molecule has 0 spiro atoms. The summed E-state index contributed by atoms with van der Waals surface area (Å²) in [6.45, 7) is 3.78. The van der Waals surface area contributed by atoms with Crippen LogP contribution in [0.15, 0.2) is 18.3 Å². The number of nitrogens with zero attached hydrogens (tertiary/aromatic N) is 1. The maximum Gasteiger partial charge on any atom is 0.270 e. The van der Waals surface area contributed by atoms with Crippen LogP contribution in [0.5, 0.6) is 0 Å². The molecule has 0 aromatic carbocycles. The number of pyridine rings is 1. The number of hydrogen-bond donors (Lipinski definition) is 2. The molecular formula is C16H23N3O2. The van der Waals surface area contributed by atoms with E-state index < -0.39 is 0 Å². The van der Waals surface area contributed by atoms with Gasteiger partial charge in [0, 0.05) is 13.2 Å². The molecule has 1 saturated carbocycles. The zero-order chi connectivity index (χ0) is 14.7. The van der Waals surface area contributed by atoms with Crippen LogP contribution in [0, 0.1) is 5.92 Å². The van der Waals surface area contributed by atoms with Crippen molar-refractivity contribution in [3.63, 3.8) is 0 Å². The third-order valence-electron chi connectivity index (χ3n) is 4.11. The number of ether oxygens (including phenoxy) is 1. The number of amides is 1. The van der Waals surface area contributed by atoms with Gasteiger partial charge in [-0.3, -0.25) is 4.79 Å². The highest BCUT2D eigenvalue weighted by atomic mass is 16.5. The maximum absolute atomic E-state index is 12.3. The highest BCUT2D eigenvalue weighted by Gasteiger charge is 2.41. The summed E-state index contributed by atoms with van der Waals surface area (Å²) >= 11 is 0. The van der Waals surface area contributed by atoms with Crippen LogP contribution in [0.2, 0.25) is 0 Å². The number of aromatic nitrogens is 1. The average Bonchev–Trinajstić information content (AvgIpc) is 3.26. The van der Waals surface area contributed by atoms with Crippen molar-refractivity contribution in [2.45, 2.75) is 44.8 Å². The SMILES string of the molecule is CCCNc1ccc(C(=O)NC2CCOC2C2CC2)nc1. The van der Waals surface area contributed by atoms with Gasteiger partial charge in [0.25, 0.3) is 5.91 Å². The van der Waals surface area contributed by atoms with Crippen molar-refractivity contribution < 1.29 is 9.53 Å². The molecule has 2 N–H and O–H groups in total. The normalized spacial score (nSPS) is 24.8. The van der Waals surface area contributed by atoms with Gasteiger partial charge < -0.3 is 15.4 Å². The van der Waals surface area contributed by atoms with Gasteiger partial charge in [-0.25, -0.2) is 4.98 Å². The molecule has 2 aliphatic rings. The fraction of sp³-hybridized carbons (Fsp3) is 0.625. The highest BCUT2D eigenvalue weighted by molar-refractivity contribution is 5.92. The molecule has 1 saturated heterocycles. The second-order valence-corrected chi connectivity index (χ2v) is 5.90. The molecule has 1 aromatic rings. The number of rotatable bonds is 6. The van der Waals surface area contributed by atoms with E-state index in [1.54, 1.807) is 12.3 Å². The summed E-state index contributed by atoms with van der Waals surface area (Å²) in [6.07, 6.45) is 6.35. The van der Waals surface area contributed by atoms with Crippen molar-refractivity contribution in [3.05, 3.63) is 24.0 Å². The molecule has 2 atom stereocenters. The van der Waals surface area contributed by atoms with E-state index in [-0.39, 0.29) is 18.1 Å². The topological polar surface area (TPSA) is 63.2 Å². The molecule has 1 aliphatic carbocycles. The summed E-state index contributed by atoms with van der Waals surface area (Å²) in [5, 5.41) is 6.33. The Labute approximate surface area is 125 Å². The first kappa shape index (κ1) is 14.3. The van der Waals surface area contributed by atoms with Gasteiger partial charge in [-0.15, -0.1) is 0 Å². The third-order valence-corrected chi connectivity index (χ3v) is 4.11. The quantitative estimate of drug-likeness (QED) is 0.842. The second-order valence-electron chi connectivity index (χ2n) is 5.90. The molecule has 1 amide bonds. The molecule has 1 aromatic heterocycles. The first-order valence-electron chi connectivity index (χ1n) is 7.90. The molecule has 2 unspecified atom stereocenters. The molecule has 5 heteroatoms. The minimum absolute atomic E-state index is 0.0989. The van der Waals surface area contributed by atoms with Gasteiger partial charge in [-0.1, -0.05) is 6.92 Å². The Bertz CT molecular complexity index is 485. The third kappa shape index (κ3) is 3.53. The summed E-state index contributed by atoms with van der Waals surface area (Å²) in [6, 6.07) is 3.82. The minimum Gasteiger partial charge on any atom is -0.384 e. The van der Waals surface area contributed by atoms with Crippen molar-refractivity contribution in [3.8, 4) is 0 Å². The number of hydrogen-bond acceptors (Lipinski definition) is 4. The van der Waals surface area contributed by atoms with Gasteiger partial charge in [-0.05, 0) is 43.7 Å². The van der Waals surface area contributed by atoms with Crippen molar-refractivity contribution >= 4 is 11.6 Å². The summed E-state index contributed by atoms with van der Waals surface area (Å²) in [4.78, 5) is 16.5. The van der Waals surface area contributed by atoms with Gasteiger partial charge in [-0.2, -0.15) is 0 Å². The Morgan fingerprint density at radius 2 is 2.24 bits per heavy atom. The van der Waals surface area contributed by atoms with Gasteiger partial charge in [0.05, 0.1) is 24.0 Å². The Kier molecular flexibility index (Phi) is 4.39. The summed E-state index contributed by atoms with van der Waals surface area (Å²) < 4.78 is 5.74. The van der Waals surface area contributed by atoms with E-state index in [4.69, 9.17) is 4.74 Å². The zero-order valence-corrected chi connectivity index (χ0v) is 12.5. The lowest BCUT2D eigenvalue weighted by atomic mass is 10.1. The largest absolute Gasteiger partial charge is 0.384 e. The first-order chi connectivity index (χ1) is 10.3. The van der Waals surface area contributed by atoms with Crippen molar-refractivity contribution in [2.24, 2.45) is 5.92 Å². The van der Waals surface area contributed by atoms with Crippen LogP contribution in [0.1, 0.15) is 43.1 Å². The van der Waals surface area contributed by atoms with Gasteiger partial charge in [0.15, 0.2) is 0 Å². The van der Waals surface area contributed by atoms with E-state index in [9.17, 15) is 4.79 Å². The number of carbonyl (C=O) groups is 1. The molecule has 114 valence electrons. The van der Waals surface area contributed by atoms with Crippen molar-refractivity contribution in [1.82, 2.24) is 10.3 Å². The molecule has 0 radical (unpaired) electrons. The fourth-order valence-corrected chi connectivity index (χ4v) is 2.80. The smallest absolute Gasteiger partial charge is 0.270 e. The number of carbonyl (C=O) groups excluding carboxylic acids is 1. The molecule has 0 bridgehead atoms. The Balaban J connectivity index is 1.57. The standard InChI is InChI=1S/C16H23N3O2/c1-2-8-17-12-5-6-14(18-10-12)16(20)19-13-7-9-21-15(13)11-3-4-11/h5-6,10-11,13,15,17H,2-4,7-9H2,1H3,(H,19,20). The van der Waals surface area contributed by atoms with Crippen LogP contribution in [0.25, 0.3) is 0 Å². The molecule has 5 nitrogen and oxygen atoms in total. The molecule has 2 heterocycles. The van der Waals surface area contributed by atoms with E-state index in [1.165, 1.54) is 12.8 Å². The molecule has 3 rings (SSSR count). The lowest BCUT2D eigenvalue weighted by molar-refractivity contribution is 0.0727.